The van der Waals surface area contributed by atoms with E-state index in [0.29, 0.717) is 12.6 Å². The van der Waals surface area contributed by atoms with E-state index in [1.54, 1.807) is 12.5 Å². The van der Waals surface area contributed by atoms with Crippen molar-refractivity contribution in [2.45, 2.75) is 38.4 Å². The number of amides is 1. The third-order valence-electron chi connectivity index (χ3n) is 4.15. The Labute approximate surface area is 130 Å². The number of hydrogen-bond donors (Lipinski definition) is 1. The molecule has 118 valence electrons. The monoisotopic (exact) mass is 302 g/mol. The summed E-state index contributed by atoms with van der Waals surface area (Å²) in [5, 5.41) is 7.24. The highest BCUT2D eigenvalue weighted by Gasteiger charge is 2.27. The van der Waals surface area contributed by atoms with Crippen LogP contribution in [0.25, 0.3) is 0 Å². The molecule has 1 saturated heterocycles. The number of rotatable bonds is 6. The summed E-state index contributed by atoms with van der Waals surface area (Å²) in [5.41, 5.74) is 0. The molecule has 6 heteroatoms. The van der Waals surface area contributed by atoms with E-state index in [-0.39, 0.29) is 11.9 Å². The highest BCUT2D eigenvalue weighted by molar-refractivity contribution is 5.78. The Balaban J connectivity index is 1.51. The van der Waals surface area contributed by atoms with Gasteiger partial charge in [-0.2, -0.15) is 5.10 Å². The van der Waals surface area contributed by atoms with Crippen molar-refractivity contribution in [3.8, 4) is 0 Å². The number of carbonyl (C=O) groups is 1. The van der Waals surface area contributed by atoms with Gasteiger partial charge in [0.05, 0.1) is 25.4 Å². The number of carbonyl (C=O) groups excluding carboxylic acids is 1. The normalized spacial score (nSPS) is 20.1. The maximum Gasteiger partial charge on any atom is 0.234 e. The van der Waals surface area contributed by atoms with Crippen LogP contribution in [0.3, 0.4) is 0 Å². The zero-order chi connectivity index (χ0) is 15.4. The van der Waals surface area contributed by atoms with Crippen molar-refractivity contribution in [1.82, 2.24) is 20.0 Å². The quantitative estimate of drug-likeness (QED) is 0.884. The minimum absolute atomic E-state index is 0.0382. The molecule has 0 radical (unpaired) electrons. The van der Waals surface area contributed by atoms with Gasteiger partial charge in [0, 0.05) is 18.4 Å². The van der Waals surface area contributed by atoms with E-state index in [1.165, 1.54) is 0 Å². The van der Waals surface area contributed by atoms with E-state index in [4.69, 9.17) is 4.42 Å². The lowest BCUT2D eigenvalue weighted by Gasteiger charge is -2.24. The van der Waals surface area contributed by atoms with Crippen molar-refractivity contribution < 1.29 is 9.21 Å². The van der Waals surface area contributed by atoms with Gasteiger partial charge in [-0.25, -0.2) is 0 Å². The summed E-state index contributed by atoms with van der Waals surface area (Å²) < 4.78 is 7.25. The van der Waals surface area contributed by atoms with E-state index in [1.807, 2.05) is 36.0 Å². The molecule has 0 aromatic carbocycles. The van der Waals surface area contributed by atoms with Gasteiger partial charge in [0.1, 0.15) is 5.76 Å². The zero-order valence-electron chi connectivity index (χ0n) is 12.8. The summed E-state index contributed by atoms with van der Waals surface area (Å²) in [6.45, 7) is 4.17. The third-order valence-corrected chi connectivity index (χ3v) is 4.15. The molecule has 2 atom stereocenters. The first-order valence-electron chi connectivity index (χ1n) is 7.76. The van der Waals surface area contributed by atoms with Crippen LogP contribution in [-0.4, -0.2) is 39.7 Å². The van der Waals surface area contributed by atoms with Crippen molar-refractivity contribution >= 4 is 5.91 Å². The summed E-state index contributed by atoms with van der Waals surface area (Å²) >= 11 is 0. The molecule has 1 aliphatic heterocycles. The molecule has 3 rings (SSSR count). The molecule has 3 heterocycles. The van der Waals surface area contributed by atoms with Gasteiger partial charge in [0.15, 0.2) is 0 Å². The van der Waals surface area contributed by atoms with Crippen molar-refractivity contribution in [2.75, 3.05) is 13.1 Å². The first-order chi connectivity index (χ1) is 10.7. The first-order valence-corrected chi connectivity index (χ1v) is 7.76. The van der Waals surface area contributed by atoms with E-state index < -0.39 is 0 Å². The molecular formula is C16H22N4O2. The van der Waals surface area contributed by atoms with Crippen molar-refractivity contribution in [1.29, 1.82) is 0 Å². The van der Waals surface area contributed by atoms with Gasteiger partial charge in [0.2, 0.25) is 5.91 Å². The minimum atomic E-state index is -0.102. The Morgan fingerprint density at radius 1 is 1.55 bits per heavy atom. The van der Waals surface area contributed by atoms with Gasteiger partial charge in [-0.05, 0) is 44.5 Å². The fraction of sp³-hybridized carbons (Fsp3) is 0.500. The molecule has 1 N–H and O–H groups in total. The van der Waals surface area contributed by atoms with Crippen LogP contribution >= 0.6 is 0 Å². The van der Waals surface area contributed by atoms with Gasteiger partial charge >= 0.3 is 0 Å². The number of aromatic nitrogens is 2. The predicted molar refractivity (Wildman–Crippen MR) is 82.1 cm³/mol. The molecule has 2 aromatic heterocycles. The summed E-state index contributed by atoms with van der Waals surface area (Å²) in [7, 11) is 0. The lowest BCUT2D eigenvalue weighted by atomic mass is 10.2. The fourth-order valence-corrected chi connectivity index (χ4v) is 3.01. The summed E-state index contributed by atoms with van der Waals surface area (Å²) in [6.07, 6.45) is 7.62. The second-order valence-corrected chi connectivity index (χ2v) is 5.80. The predicted octanol–water partition coefficient (Wildman–Crippen LogP) is 1.82. The number of nitrogens with one attached hydrogen (secondary N) is 1. The van der Waals surface area contributed by atoms with Gasteiger partial charge in [-0.3, -0.25) is 14.4 Å². The first kappa shape index (κ1) is 14.8. The average molecular weight is 302 g/mol. The van der Waals surface area contributed by atoms with Crippen LogP contribution in [0, 0.1) is 0 Å². The van der Waals surface area contributed by atoms with Gasteiger partial charge in [-0.1, -0.05) is 0 Å². The average Bonchev–Trinajstić information content (AvgIpc) is 3.22. The van der Waals surface area contributed by atoms with Crippen LogP contribution in [0.4, 0.5) is 0 Å². The largest absolute Gasteiger partial charge is 0.467 e. The molecule has 2 aromatic rings. The fourth-order valence-electron chi connectivity index (χ4n) is 3.01. The third kappa shape index (κ3) is 3.57. The topological polar surface area (TPSA) is 63.3 Å². The van der Waals surface area contributed by atoms with Crippen LogP contribution in [0.2, 0.25) is 0 Å². The number of nitrogens with zero attached hydrogens (tertiary/aromatic N) is 3. The standard InChI is InChI=1S/C16H22N4O2/c1-13(15-6-3-10-22-15)18-16(21)12-19-8-2-5-14(19)11-20-9-4-7-17-20/h3-4,6-7,9-10,13-14H,2,5,8,11-12H2,1H3,(H,18,21)/t13-,14-/m0/s1. The molecule has 1 aliphatic rings. The Morgan fingerprint density at radius 3 is 3.18 bits per heavy atom. The maximum atomic E-state index is 12.2. The van der Waals surface area contributed by atoms with E-state index >= 15 is 0 Å². The number of furan rings is 1. The van der Waals surface area contributed by atoms with Crippen LogP contribution in [-0.2, 0) is 11.3 Å². The molecule has 0 spiro atoms. The Kier molecular flexibility index (Phi) is 4.58. The van der Waals surface area contributed by atoms with E-state index in [2.05, 4.69) is 15.3 Å². The maximum absolute atomic E-state index is 12.2. The van der Waals surface area contributed by atoms with Crippen molar-refractivity contribution in [3.63, 3.8) is 0 Å². The number of likely N-dealkylation sites (tertiary alicyclic amines) is 1. The molecule has 22 heavy (non-hydrogen) atoms. The van der Waals surface area contributed by atoms with Crippen LogP contribution in [0.15, 0.2) is 41.3 Å². The second kappa shape index (κ2) is 6.79. The lowest BCUT2D eigenvalue weighted by molar-refractivity contribution is -0.123. The summed E-state index contributed by atoms with van der Waals surface area (Å²) in [4.78, 5) is 14.5. The summed E-state index contributed by atoms with van der Waals surface area (Å²) in [6, 6.07) is 5.91. The molecule has 6 nitrogen and oxygen atoms in total. The van der Waals surface area contributed by atoms with Crippen LogP contribution in [0.1, 0.15) is 31.6 Å². The molecule has 0 unspecified atom stereocenters. The van der Waals surface area contributed by atoms with Gasteiger partial charge < -0.3 is 9.73 Å². The van der Waals surface area contributed by atoms with Gasteiger partial charge in [-0.15, -0.1) is 0 Å². The molecule has 0 saturated carbocycles. The molecular weight excluding hydrogens is 280 g/mol. The SMILES string of the molecule is C[C@H](NC(=O)CN1CCC[C@H]1Cn1cccn1)c1ccco1. The second-order valence-electron chi connectivity index (χ2n) is 5.80. The zero-order valence-corrected chi connectivity index (χ0v) is 12.8. The molecule has 1 fully saturated rings. The molecule has 0 bridgehead atoms. The van der Waals surface area contributed by atoms with E-state index in [0.717, 1.165) is 31.7 Å². The molecule has 1 amide bonds. The summed E-state index contributed by atoms with van der Waals surface area (Å²) in [5.74, 6) is 0.819. The lowest BCUT2D eigenvalue weighted by Crippen LogP contribution is -2.42. The Bertz CT molecular complexity index is 579. The highest BCUT2D eigenvalue weighted by Crippen LogP contribution is 2.18. The van der Waals surface area contributed by atoms with Gasteiger partial charge in [0.25, 0.3) is 0 Å². The Morgan fingerprint density at radius 2 is 2.45 bits per heavy atom. The van der Waals surface area contributed by atoms with Crippen LogP contribution in [0.5, 0.6) is 0 Å². The van der Waals surface area contributed by atoms with E-state index in [9.17, 15) is 4.79 Å². The van der Waals surface area contributed by atoms with Crippen molar-refractivity contribution in [2.24, 2.45) is 0 Å². The molecule has 0 aliphatic carbocycles. The van der Waals surface area contributed by atoms with Crippen molar-refractivity contribution in [3.05, 3.63) is 42.6 Å². The minimum Gasteiger partial charge on any atom is -0.467 e. The van der Waals surface area contributed by atoms with Crippen LogP contribution < -0.4 is 5.32 Å². The highest BCUT2D eigenvalue weighted by atomic mass is 16.3. The number of hydrogen-bond acceptors (Lipinski definition) is 4. The smallest absolute Gasteiger partial charge is 0.234 e. The Hall–Kier alpha value is -2.08.